The van der Waals surface area contributed by atoms with Crippen molar-refractivity contribution in [2.45, 2.75) is 24.9 Å². The molecule has 1 saturated heterocycles. The molecule has 0 bridgehead atoms. The number of rotatable bonds is 5. The molecule has 0 aliphatic carbocycles. The van der Waals surface area contributed by atoms with Gasteiger partial charge < -0.3 is 25.3 Å². The second-order valence-corrected chi connectivity index (χ2v) is 4.69. The minimum Gasteiger partial charge on any atom is -0.493 e. The van der Waals surface area contributed by atoms with Gasteiger partial charge in [-0.2, -0.15) is 0 Å². The zero-order valence-corrected chi connectivity index (χ0v) is 11.7. The molecule has 5 heteroatoms. The van der Waals surface area contributed by atoms with E-state index >= 15 is 0 Å². The number of hydrogen-bond acceptors (Lipinski definition) is 5. The summed E-state index contributed by atoms with van der Waals surface area (Å²) in [4.78, 5) is 0. The fourth-order valence-corrected chi connectivity index (χ4v) is 2.54. The molecule has 5 nitrogen and oxygen atoms in total. The largest absolute Gasteiger partial charge is 0.493 e. The number of benzene rings is 1. The summed E-state index contributed by atoms with van der Waals surface area (Å²) in [6, 6.07) is 4.08. The molecule has 1 aromatic rings. The fraction of sp³-hybridized carbons (Fsp3) is 0.571. The van der Waals surface area contributed by atoms with Crippen molar-refractivity contribution in [2.75, 3.05) is 27.9 Å². The maximum absolute atomic E-state index is 6.32. The Bertz CT molecular complexity index is 406. The van der Waals surface area contributed by atoms with Crippen LogP contribution in [-0.2, 0) is 0 Å². The molecule has 0 spiro atoms. The van der Waals surface area contributed by atoms with Gasteiger partial charge in [0.2, 0.25) is 5.75 Å². The van der Waals surface area contributed by atoms with Crippen molar-refractivity contribution in [3.63, 3.8) is 0 Å². The van der Waals surface area contributed by atoms with E-state index in [1.165, 1.54) is 6.42 Å². The van der Waals surface area contributed by atoms with Crippen LogP contribution in [0.15, 0.2) is 12.1 Å². The van der Waals surface area contributed by atoms with Crippen molar-refractivity contribution in [1.82, 2.24) is 5.32 Å². The van der Waals surface area contributed by atoms with Crippen LogP contribution in [0.3, 0.4) is 0 Å². The summed E-state index contributed by atoms with van der Waals surface area (Å²) in [7, 11) is 4.82. The topological polar surface area (TPSA) is 65.7 Å². The van der Waals surface area contributed by atoms with Gasteiger partial charge in [0.25, 0.3) is 0 Å². The predicted octanol–water partition coefficient (Wildman–Crippen LogP) is 1.46. The molecule has 0 aromatic heterocycles. The maximum Gasteiger partial charge on any atom is 0.203 e. The van der Waals surface area contributed by atoms with Crippen LogP contribution in [0, 0.1) is 0 Å². The zero-order valence-electron chi connectivity index (χ0n) is 11.7. The molecule has 2 atom stereocenters. The van der Waals surface area contributed by atoms with Crippen molar-refractivity contribution in [3.8, 4) is 17.2 Å². The van der Waals surface area contributed by atoms with Crippen molar-refractivity contribution < 1.29 is 14.2 Å². The number of hydrogen-bond donors (Lipinski definition) is 2. The van der Waals surface area contributed by atoms with E-state index in [4.69, 9.17) is 19.9 Å². The lowest BCUT2D eigenvalue weighted by Crippen LogP contribution is -2.34. The normalized spacial score (nSPS) is 20.1. The zero-order chi connectivity index (χ0) is 13.8. The molecule has 1 fully saturated rings. The third kappa shape index (κ3) is 2.77. The van der Waals surface area contributed by atoms with Gasteiger partial charge in [0.05, 0.1) is 21.3 Å². The van der Waals surface area contributed by atoms with Crippen molar-refractivity contribution in [1.29, 1.82) is 0 Å². The van der Waals surface area contributed by atoms with Gasteiger partial charge in [0, 0.05) is 12.1 Å². The number of nitrogens with one attached hydrogen (secondary N) is 1. The highest BCUT2D eigenvalue weighted by atomic mass is 16.5. The van der Waals surface area contributed by atoms with E-state index in [2.05, 4.69) is 5.32 Å². The lowest BCUT2D eigenvalue weighted by atomic mass is 9.98. The van der Waals surface area contributed by atoms with Crippen LogP contribution in [0.2, 0.25) is 0 Å². The highest BCUT2D eigenvalue weighted by molar-refractivity contribution is 5.54. The predicted molar refractivity (Wildman–Crippen MR) is 74.1 cm³/mol. The Hall–Kier alpha value is -1.46. The lowest BCUT2D eigenvalue weighted by molar-refractivity contribution is 0.323. The third-order valence-electron chi connectivity index (χ3n) is 3.60. The average molecular weight is 266 g/mol. The smallest absolute Gasteiger partial charge is 0.203 e. The van der Waals surface area contributed by atoms with Crippen molar-refractivity contribution >= 4 is 0 Å². The molecule has 1 aliphatic rings. The minimum absolute atomic E-state index is 0.0730. The van der Waals surface area contributed by atoms with Gasteiger partial charge in [-0.25, -0.2) is 0 Å². The number of ether oxygens (including phenoxy) is 3. The Labute approximate surface area is 114 Å². The molecular formula is C14H22N2O3. The van der Waals surface area contributed by atoms with E-state index in [0.717, 1.165) is 18.5 Å². The van der Waals surface area contributed by atoms with E-state index in [9.17, 15) is 0 Å². The van der Waals surface area contributed by atoms with Crippen LogP contribution in [0.1, 0.15) is 24.4 Å². The van der Waals surface area contributed by atoms with Crippen molar-refractivity contribution in [2.24, 2.45) is 5.73 Å². The van der Waals surface area contributed by atoms with Crippen LogP contribution in [0.5, 0.6) is 17.2 Å². The molecule has 0 amide bonds. The second kappa shape index (κ2) is 6.12. The van der Waals surface area contributed by atoms with Gasteiger partial charge in [-0.1, -0.05) is 0 Å². The van der Waals surface area contributed by atoms with Gasteiger partial charge in [-0.15, -0.1) is 0 Å². The fourth-order valence-electron chi connectivity index (χ4n) is 2.54. The van der Waals surface area contributed by atoms with Crippen LogP contribution in [-0.4, -0.2) is 33.9 Å². The summed E-state index contributed by atoms with van der Waals surface area (Å²) >= 11 is 0. The Balaban J connectivity index is 2.34. The molecule has 19 heavy (non-hydrogen) atoms. The first kappa shape index (κ1) is 14.0. The molecule has 3 N–H and O–H groups in total. The summed E-state index contributed by atoms with van der Waals surface area (Å²) < 4.78 is 16.0. The Morgan fingerprint density at radius 1 is 1.16 bits per heavy atom. The van der Waals surface area contributed by atoms with Gasteiger partial charge in [0.15, 0.2) is 11.5 Å². The van der Waals surface area contributed by atoms with E-state index < -0.39 is 0 Å². The van der Waals surface area contributed by atoms with Crippen LogP contribution < -0.4 is 25.3 Å². The average Bonchev–Trinajstić information content (AvgIpc) is 2.98. The molecule has 1 aromatic carbocycles. The second-order valence-electron chi connectivity index (χ2n) is 4.69. The van der Waals surface area contributed by atoms with E-state index in [1.807, 2.05) is 12.1 Å². The summed E-state index contributed by atoms with van der Waals surface area (Å²) in [6.45, 7) is 1.03. The molecule has 1 aliphatic heterocycles. The van der Waals surface area contributed by atoms with Gasteiger partial charge in [-0.3, -0.25) is 0 Å². The van der Waals surface area contributed by atoms with E-state index in [1.54, 1.807) is 21.3 Å². The van der Waals surface area contributed by atoms with Crippen molar-refractivity contribution in [3.05, 3.63) is 17.7 Å². The highest BCUT2D eigenvalue weighted by Gasteiger charge is 2.25. The number of nitrogens with two attached hydrogens (primary N) is 1. The first-order chi connectivity index (χ1) is 9.21. The van der Waals surface area contributed by atoms with Crippen LogP contribution in [0.25, 0.3) is 0 Å². The quantitative estimate of drug-likeness (QED) is 0.844. The summed E-state index contributed by atoms with van der Waals surface area (Å²) in [5.41, 5.74) is 7.32. The molecule has 0 radical (unpaired) electrons. The summed E-state index contributed by atoms with van der Waals surface area (Å²) in [6.07, 6.45) is 2.26. The van der Waals surface area contributed by atoms with Gasteiger partial charge in [-0.05, 0) is 37.1 Å². The third-order valence-corrected chi connectivity index (χ3v) is 3.60. The number of methoxy groups -OCH3 is 3. The monoisotopic (exact) mass is 266 g/mol. The highest BCUT2D eigenvalue weighted by Crippen LogP contribution is 2.40. The Morgan fingerprint density at radius 2 is 1.79 bits per heavy atom. The first-order valence-corrected chi connectivity index (χ1v) is 6.50. The molecule has 0 saturated carbocycles. The van der Waals surface area contributed by atoms with E-state index in [-0.39, 0.29) is 6.04 Å². The van der Waals surface area contributed by atoms with Crippen LogP contribution in [0.4, 0.5) is 0 Å². The Morgan fingerprint density at radius 3 is 2.21 bits per heavy atom. The first-order valence-electron chi connectivity index (χ1n) is 6.50. The van der Waals surface area contributed by atoms with Gasteiger partial charge >= 0.3 is 0 Å². The van der Waals surface area contributed by atoms with E-state index in [0.29, 0.717) is 23.3 Å². The maximum atomic E-state index is 6.32. The van der Waals surface area contributed by atoms with Crippen LogP contribution >= 0.6 is 0 Å². The Kier molecular flexibility index (Phi) is 4.50. The minimum atomic E-state index is -0.0730. The molecule has 2 unspecified atom stereocenters. The standard InChI is InChI=1S/C14H22N2O3/c1-17-11-7-9(8-12(18-2)14(11)19-3)13(15)10-5-4-6-16-10/h7-8,10,13,16H,4-6,15H2,1-3H3. The molecular weight excluding hydrogens is 244 g/mol. The SMILES string of the molecule is COc1cc(C(N)C2CCCN2)cc(OC)c1OC. The molecule has 2 rings (SSSR count). The molecule has 106 valence electrons. The lowest BCUT2D eigenvalue weighted by Gasteiger charge is -2.22. The molecule has 1 heterocycles. The van der Waals surface area contributed by atoms with Gasteiger partial charge in [0.1, 0.15) is 0 Å². The summed E-state index contributed by atoms with van der Waals surface area (Å²) in [5.74, 6) is 1.89. The summed E-state index contributed by atoms with van der Waals surface area (Å²) in [5, 5.41) is 3.42.